The molecular formula is C19H36N6O3. The zero-order valence-electron chi connectivity index (χ0n) is 17.3. The molecule has 4 atom stereocenters. The summed E-state index contributed by atoms with van der Waals surface area (Å²) in [6, 6.07) is -0.419. The average Bonchev–Trinajstić information content (AvgIpc) is 3.20. The van der Waals surface area contributed by atoms with Crippen LogP contribution in [0.1, 0.15) is 26.7 Å². The highest BCUT2D eigenvalue weighted by Crippen LogP contribution is 2.40. The topological polar surface area (TPSA) is 101 Å². The molecule has 0 amide bonds. The van der Waals surface area contributed by atoms with Crippen LogP contribution in [0.3, 0.4) is 0 Å². The van der Waals surface area contributed by atoms with Gasteiger partial charge >= 0.3 is 0 Å². The Balaban J connectivity index is 1.64. The first kappa shape index (κ1) is 20.6. The number of ether oxygens (including phenoxy) is 2. The van der Waals surface area contributed by atoms with Crippen molar-refractivity contribution in [2.75, 3.05) is 65.7 Å². The Morgan fingerprint density at radius 2 is 1.11 bits per heavy atom. The van der Waals surface area contributed by atoms with E-state index in [2.05, 4.69) is 20.0 Å². The van der Waals surface area contributed by atoms with Gasteiger partial charge in [0.2, 0.25) is 0 Å². The summed E-state index contributed by atoms with van der Waals surface area (Å²) < 4.78 is 11.0. The van der Waals surface area contributed by atoms with Gasteiger partial charge in [-0.3, -0.25) is 4.79 Å². The molecule has 4 rings (SSSR count). The first-order valence-electron chi connectivity index (χ1n) is 10.7. The van der Waals surface area contributed by atoms with Gasteiger partial charge in [0.1, 0.15) is 11.1 Å². The number of carbonyl (C=O) groups excluding carboxylic acids is 1. The molecule has 4 heterocycles. The predicted octanol–water partition coefficient (Wildman–Crippen LogP) is -1.37. The third-order valence-electron chi connectivity index (χ3n) is 7.40. The Morgan fingerprint density at radius 3 is 1.46 bits per heavy atom. The number of hydrogen-bond acceptors (Lipinski definition) is 9. The lowest BCUT2D eigenvalue weighted by molar-refractivity contribution is -0.178. The van der Waals surface area contributed by atoms with Crippen LogP contribution in [0.15, 0.2) is 0 Å². The number of morpholine rings is 2. The summed E-state index contributed by atoms with van der Waals surface area (Å²) in [5, 5.41) is 8.96. The van der Waals surface area contributed by atoms with Crippen molar-refractivity contribution in [1.82, 2.24) is 20.0 Å². The molecule has 0 bridgehead atoms. The molecule has 4 aliphatic heterocycles. The molecule has 0 spiro atoms. The summed E-state index contributed by atoms with van der Waals surface area (Å²) in [6.07, 6.45) is 1.62. The molecule has 0 saturated carbocycles. The van der Waals surface area contributed by atoms with Crippen molar-refractivity contribution in [1.29, 1.82) is 0 Å². The highest BCUT2D eigenvalue weighted by Gasteiger charge is 2.62. The molecule has 9 nitrogen and oxygen atoms in total. The second kappa shape index (κ2) is 7.88. The Hall–Kier alpha value is -0.650. The largest absolute Gasteiger partial charge is 0.379 e. The number of Topliss-reactive ketones (excluding diaryl/α,β-unsaturated/α-hetero) is 1. The number of nitrogens with two attached hydrogens (primary N) is 2. The molecule has 160 valence electrons. The van der Waals surface area contributed by atoms with Gasteiger partial charge in [-0.1, -0.05) is 0 Å². The zero-order chi connectivity index (χ0) is 19.9. The highest BCUT2D eigenvalue weighted by molar-refractivity contribution is 5.98. The zero-order valence-corrected chi connectivity index (χ0v) is 17.3. The fourth-order valence-corrected chi connectivity index (χ4v) is 5.48. The Morgan fingerprint density at radius 1 is 0.750 bits per heavy atom. The van der Waals surface area contributed by atoms with Gasteiger partial charge in [-0.25, -0.2) is 20.0 Å². The molecule has 4 fully saturated rings. The van der Waals surface area contributed by atoms with E-state index in [4.69, 9.17) is 20.9 Å². The van der Waals surface area contributed by atoms with Crippen LogP contribution in [0.4, 0.5) is 0 Å². The molecule has 4 unspecified atom stereocenters. The smallest absolute Gasteiger partial charge is 0.178 e. The first-order valence-corrected chi connectivity index (χ1v) is 10.7. The Kier molecular flexibility index (Phi) is 5.80. The fraction of sp³-hybridized carbons (Fsp3) is 0.947. The molecule has 0 aromatic heterocycles. The summed E-state index contributed by atoms with van der Waals surface area (Å²) >= 11 is 0. The van der Waals surface area contributed by atoms with Gasteiger partial charge in [0.25, 0.3) is 0 Å². The number of hydrogen-bond donors (Lipinski definition) is 2. The SMILES string of the molecule is CC1(C(=O)C2(C)C(N)CCN2N2CCOCC2)C(N)CCN1N1CCOCC1. The van der Waals surface area contributed by atoms with E-state index >= 15 is 0 Å². The molecule has 0 aromatic carbocycles. The second-order valence-corrected chi connectivity index (χ2v) is 8.79. The van der Waals surface area contributed by atoms with Crippen molar-refractivity contribution in [3.63, 3.8) is 0 Å². The van der Waals surface area contributed by atoms with Crippen LogP contribution in [0.5, 0.6) is 0 Å². The van der Waals surface area contributed by atoms with Gasteiger partial charge in [-0.15, -0.1) is 0 Å². The van der Waals surface area contributed by atoms with E-state index in [0.29, 0.717) is 26.4 Å². The molecule has 0 radical (unpaired) electrons. The van der Waals surface area contributed by atoms with E-state index in [9.17, 15) is 4.79 Å². The van der Waals surface area contributed by atoms with Crippen LogP contribution in [0.2, 0.25) is 0 Å². The minimum Gasteiger partial charge on any atom is -0.379 e. The van der Waals surface area contributed by atoms with E-state index in [1.54, 1.807) is 0 Å². The van der Waals surface area contributed by atoms with Crippen molar-refractivity contribution in [2.24, 2.45) is 11.5 Å². The van der Waals surface area contributed by atoms with Crippen molar-refractivity contribution >= 4 is 5.78 Å². The average molecular weight is 397 g/mol. The van der Waals surface area contributed by atoms with Crippen molar-refractivity contribution in [2.45, 2.75) is 49.9 Å². The molecule has 28 heavy (non-hydrogen) atoms. The summed E-state index contributed by atoms with van der Waals surface area (Å²) in [5.74, 6) is 0.146. The number of nitrogens with zero attached hydrogens (tertiary/aromatic N) is 4. The van der Waals surface area contributed by atoms with E-state index in [1.165, 1.54) is 0 Å². The van der Waals surface area contributed by atoms with Gasteiger partial charge in [0, 0.05) is 51.4 Å². The predicted molar refractivity (Wildman–Crippen MR) is 105 cm³/mol. The minimum absolute atomic E-state index is 0.146. The van der Waals surface area contributed by atoms with Crippen molar-refractivity contribution < 1.29 is 14.3 Å². The minimum atomic E-state index is -0.765. The van der Waals surface area contributed by atoms with E-state index < -0.39 is 11.1 Å². The third kappa shape index (κ3) is 3.13. The number of hydrazine groups is 2. The standard InChI is InChI=1S/C19H36N6O3/c1-18(15(20)3-5-24(18)22-7-11-27-12-8-22)17(26)19(2)16(21)4-6-25(19)23-9-13-28-14-10-23/h15-16H,3-14,20-21H2,1-2H3. The van der Waals surface area contributed by atoms with Gasteiger partial charge in [0.05, 0.1) is 26.4 Å². The molecule has 4 saturated heterocycles. The van der Waals surface area contributed by atoms with Gasteiger partial charge in [-0.05, 0) is 26.7 Å². The van der Waals surface area contributed by atoms with Gasteiger partial charge in [-0.2, -0.15) is 0 Å². The quantitative estimate of drug-likeness (QED) is 0.596. The molecule has 0 aliphatic carbocycles. The molecule has 9 heteroatoms. The normalized spacial score (nSPS) is 42.3. The van der Waals surface area contributed by atoms with Crippen LogP contribution in [-0.4, -0.2) is 115 Å². The second-order valence-electron chi connectivity index (χ2n) is 8.79. The Bertz CT molecular complexity index is 534. The number of ketones is 1. The number of carbonyl (C=O) groups is 1. The van der Waals surface area contributed by atoms with Gasteiger partial charge in [0.15, 0.2) is 5.78 Å². The number of rotatable bonds is 4. The van der Waals surface area contributed by atoms with Crippen LogP contribution < -0.4 is 11.5 Å². The summed E-state index contributed by atoms with van der Waals surface area (Å²) in [4.78, 5) is 14.3. The van der Waals surface area contributed by atoms with Crippen LogP contribution in [0.25, 0.3) is 0 Å². The highest BCUT2D eigenvalue weighted by atomic mass is 16.5. The summed E-state index contributed by atoms with van der Waals surface area (Å²) in [5.41, 5.74) is 11.7. The van der Waals surface area contributed by atoms with Crippen LogP contribution in [0, 0.1) is 0 Å². The monoisotopic (exact) mass is 396 g/mol. The Labute approximate surface area is 167 Å². The maximum Gasteiger partial charge on any atom is 0.178 e. The lowest BCUT2D eigenvalue weighted by Gasteiger charge is -2.51. The summed E-state index contributed by atoms with van der Waals surface area (Å²) in [6.45, 7) is 11.6. The maximum absolute atomic E-state index is 14.3. The third-order valence-corrected chi connectivity index (χ3v) is 7.40. The van der Waals surface area contributed by atoms with Crippen molar-refractivity contribution in [3.05, 3.63) is 0 Å². The van der Waals surface area contributed by atoms with Crippen LogP contribution in [-0.2, 0) is 14.3 Å². The summed E-state index contributed by atoms with van der Waals surface area (Å²) in [7, 11) is 0. The van der Waals surface area contributed by atoms with E-state index in [1.807, 2.05) is 13.8 Å². The van der Waals surface area contributed by atoms with Crippen LogP contribution >= 0.6 is 0 Å². The van der Waals surface area contributed by atoms with E-state index in [-0.39, 0.29) is 17.9 Å². The lowest BCUT2D eigenvalue weighted by Crippen LogP contribution is -2.73. The maximum atomic E-state index is 14.3. The lowest BCUT2D eigenvalue weighted by atomic mass is 9.76. The first-order chi connectivity index (χ1) is 13.4. The molecule has 4 N–H and O–H groups in total. The molecular weight excluding hydrogens is 360 g/mol. The molecule has 4 aliphatic rings. The van der Waals surface area contributed by atoms with Gasteiger partial charge < -0.3 is 20.9 Å². The molecule has 0 aromatic rings. The van der Waals surface area contributed by atoms with Crippen molar-refractivity contribution in [3.8, 4) is 0 Å². The van der Waals surface area contributed by atoms with E-state index in [0.717, 1.165) is 52.1 Å². The fourth-order valence-electron chi connectivity index (χ4n) is 5.48.